The summed E-state index contributed by atoms with van der Waals surface area (Å²) in [5, 5.41) is 0. The van der Waals surface area contributed by atoms with E-state index in [1.807, 2.05) is 32.0 Å². The molecule has 2 aromatic carbocycles. The summed E-state index contributed by atoms with van der Waals surface area (Å²) in [6, 6.07) is 10.9. The second-order valence-electron chi connectivity index (χ2n) is 5.61. The van der Waals surface area contributed by atoms with Crippen molar-refractivity contribution >= 4 is 23.6 Å². The molecule has 0 aromatic heterocycles. The van der Waals surface area contributed by atoms with E-state index >= 15 is 0 Å². The first-order valence-corrected chi connectivity index (χ1v) is 8.70. The monoisotopic (exact) mass is 358 g/mol. The van der Waals surface area contributed by atoms with Crippen LogP contribution in [0.3, 0.4) is 0 Å². The van der Waals surface area contributed by atoms with E-state index in [1.54, 1.807) is 18.2 Å². The molecule has 0 fully saturated rings. The van der Waals surface area contributed by atoms with E-state index < -0.39 is 5.91 Å². The van der Waals surface area contributed by atoms with Crippen LogP contribution in [0.15, 0.2) is 41.3 Å². The minimum atomic E-state index is -0.414. The standard InChI is InChI=1S/C18H18N2O4S/c1-11-3-5-14(7-12(11)2)25-9-17(21)19-20-18(22)13-4-6-15-16(8-13)24-10-23-15/h3-8H,9-10H2,1-2H3,(H,19,21)(H,20,22). The maximum Gasteiger partial charge on any atom is 0.269 e. The van der Waals surface area contributed by atoms with Gasteiger partial charge in [-0.3, -0.25) is 20.4 Å². The van der Waals surface area contributed by atoms with Crippen molar-refractivity contribution in [1.82, 2.24) is 10.9 Å². The highest BCUT2D eigenvalue weighted by Gasteiger charge is 2.16. The first-order chi connectivity index (χ1) is 12.0. The molecule has 1 heterocycles. The Morgan fingerprint density at radius 3 is 2.60 bits per heavy atom. The van der Waals surface area contributed by atoms with E-state index in [2.05, 4.69) is 10.9 Å². The van der Waals surface area contributed by atoms with E-state index in [-0.39, 0.29) is 18.5 Å². The SMILES string of the molecule is Cc1ccc(SCC(=O)NNC(=O)c2ccc3c(c2)OCO3)cc1C. The number of fused-ring (bicyclic) bond motifs is 1. The highest BCUT2D eigenvalue weighted by Crippen LogP contribution is 2.32. The molecule has 0 atom stereocenters. The van der Waals surface area contributed by atoms with Crippen LogP contribution >= 0.6 is 11.8 Å². The van der Waals surface area contributed by atoms with Crippen LogP contribution in [0.5, 0.6) is 11.5 Å². The number of carbonyl (C=O) groups is 2. The Kier molecular flexibility index (Phi) is 5.14. The van der Waals surface area contributed by atoms with Crippen molar-refractivity contribution in [3.63, 3.8) is 0 Å². The lowest BCUT2D eigenvalue weighted by molar-refractivity contribution is -0.119. The zero-order valence-electron chi connectivity index (χ0n) is 13.9. The van der Waals surface area contributed by atoms with Gasteiger partial charge >= 0.3 is 0 Å². The average molecular weight is 358 g/mol. The molecule has 0 saturated heterocycles. The smallest absolute Gasteiger partial charge is 0.269 e. The predicted molar refractivity (Wildman–Crippen MR) is 94.8 cm³/mol. The summed E-state index contributed by atoms with van der Waals surface area (Å²) in [4.78, 5) is 25.0. The van der Waals surface area contributed by atoms with Gasteiger partial charge in [-0.05, 0) is 55.3 Å². The molecule has 0 radical (unpaired) electrons. The van der Waals surface area contributed by atoms with Gasteiger partial charge in [0.1, 0.15) is 0 Å². The molecule has 1 aliphatic rings. The zero-order chi connectivity index (χ0) is 17.8. The van der Waals surface area contributed by atoms with Crippen LogP contribution in [0.4, 0.5) is 0 Å². The molecule has 6 nitrogen and oxygen atoms in total. The third kappa shape index (κ3) is 4.24. The fourth-order valence-electron chi connectivity index (χ4n) is 2.23. The number of aryl methyl sites for hydroxylation is 2. The molecule has 0 unspecified atom stereocenters. The number of carbonyl (C=O) groups excluding carboxylic acids is 2. The molecule has 0 saturated carbocycles. The Hall–Kier alpha value is -2.67. The Bertz CT molecular complexity index is 823. The maximum atomic E-state index is 12.1. The van der Waals surface area contributed by atoms with E-state index in [4.69, 9.17) is 9.47 Å². The van der Waals surface area contributed by atoms with Crippen LogP contribution in [0.2, 0.25) is 0 Å². The minimum Gasteiger partial charge on any atom is -0.454 e. The van der Waals surface area contributed by atoms with Crippen LogP contribution in [0, 0.1) is 13.8 Å². The molecule has 0 aliphatic carbocycles. The number of hydrogen-bond donors (Lipinski definition) is 2. The van der Waals surface area contributed by atoms with Crippen LogP contribution < -0.4 is 20.3 Å². The lowest BCUT2D eigenvalue weighted by Crippen LogP contribution is -2.42. The second kappa shape index (κ2) is 7.48. The zero-order valence-corrected chi connectivity index (χ0v) is 14.7. The Balaban J connectivity index is 1.48. The van der Waals surface area contributed by atoms with Crippen molar-refractivity contribution in [2.24, 2.45) is 0 Å². The topological polar surface area (TPSA) is 76.7 Å². The molecule has 1 aliphatic heterocycles. The number of amides is 2. The van der Waals surface area contributed by atoms with Crippen LogP contribution in [0.1, 0.15) is 21.5 Å². The molecule has 0 spiro atoms. The molecule has 2 N–H and O–H groups in total. The molecule has 2 amide bonds. The molecular formula is C18H18N2O4S. The summed E-state index contributed by atoms with van der Waals surface area (Å²) in [5.41, 5.74) is 7.59. The number of benzene rings is 2. The van der Waals surface area contributed by atoms with Gasteiger partial charge in [0, 0.05) is 10.5 Å². The fourth-order valence-corrected chi connectivity index (χ4v) is 3.02. The minimum absolute atomic E-state index is 0.146. The van der Waals surface area contributed by atoms with Crippen molar-refractivity contribution in [2.45, 2.75) is 18.7 Å². The van der Waals surface area contributed by atoms with Crippen molar-refractivity contribution in [3.05, 3.63) is 53.1 Å². The van der Waals surface area contributed by atoms with Crippen LogP contribution in [-0.4, -0.2) is 24.4 Å². The van der Waals surface area contributed by atoms with Gasteiger partial charge in [-0.2, -0.15) is 0 Å². The Morgan fingerprint density at radius 2 is 1.80 bits per heavy atom. The molecule has 130 valence electrons. The van der Waals surface area contributed by atoms with E-state index in [0.29, 0.717) is 17.1 Å². The van der Waals surface area contributed by atoms with Gasteiger partial charge in [0.25, 0.3) is 5.91 Å². The Morgan fingerprint density at radius 1 is 1.00 bits per heavy atom. The van der Waals surface area contributed by atoms with E-state index in [9.17, 15) is 9.59 Å². The van der Waals surface area contributed by atoms with Gasteiger partial charge in [-0.1, -0.05) is 6.07 Å². The van der Waals surface area contributed by atoms with Crippen molar-refractivity contribution in [1.29, 1.82) is 0 Å². The highest BCUT2D eigenvalue weighted by molar-refractivity contribution is 8.00. The summed E-state index contributed by atoms with van der Waals surface area (Å²) < 4.78 is 10.4. The molecule has 0 bridgehead atoms. The third-order valence-corrected chi connectivity index (χ3v) is 4.79. The molecule has 2 aromatic rings. The predicted octanol–water partition coefficient (Wildman–Crippen LogP) is 2.59. The first-order valence-electron chi connectivity index (χ1n) is 7.72. The number of nitrogens with one attached hydrogen (secondary N) is 2. The van der Waals surface area contributed by atoms with Crippen molar-refractivity contribution < 1.29 is 19.1 Å². The average Bonchev–Trinajstić information content (AvgIpc) is 3.08. The molecule has 3 rings (SSSR count). The van der Waals surface area contributed by atoms with Crippen LogP contribution in [0.25, 0.3) is 0 Å². The van der Waals surface area contributed by atoms with Gasteiger partial charge in [-0.25, -0.2) is 0 Å². The van der Waals surface area contributed by atoms with Gasteiger partial charge < -0.3 is 9.47 Å². The molecule has 7 heteroatoms. The molecule has 25 heavy (non-hydrogen) atoms. The summed E-state index contributed by atoms with van der Waals surface area (Å²) in [6.45, 7) is 4.22. The number of rotatable bonds is 4. The fraction of sp³-hybridized carbons (Fsp3) is 0.222. The maximum absolute atomic E-state index is 12.1. The lowest BCUT2D eigenvalue weighted by atomic mass is 10.1. The summed E-state index contributed by atoms with van der Waals surface area (Å²) in [7, 11) is 0. The number of hydrazine groups is 1. The van der Waals surface area contributed by atoms with E-state index in [0.717, 1.165) is 4.90 Å². The number of thioether (sulfide) groups is 1. The lowest BCUT2D eigenvalue weighted by Gasteiger charge is -2.08. The normalized spacial score (nSPS) is 11.9. The van der Waals surface area contributed by atoms with Gasteiger partial charge in [0.2, 0.25) is 12.7 Å². The highest BCUT2D eigenvalue weighted by atomic mass is 32.2. The van der Waals surface area contributed by atoms with Gasteiger partial charge in [0.05, 0.1) is 5.75 Å². The van der Waals surface area contributed by atoms with Crippen molar-refractivity contribution in [2.75, 3.05) is 12.5 Å². The summed E-state index contributed by atoms with van der Waals surface area (Å²) in [6.07, 6.45) is 0. The number of hydrogen-bond acceptors (Lipinski definition) is 5. The van der Waals surface area contributed by atoms with Gasteiger partial charge in [0.15, 0.2) is 11.5 Å². The number of ether oxygens (including phenoxy) is 2. The third-order valence-electron chi connectivity index (χ3n) is 3.80. The van der Waals surface area contributed by atoms with Gasteiger partial charge in [-0.15, -0.1) is 11.8 Å². The van der Waals surface area contributed by atoms with Crippen LogP contribution in [-0.2, 0) is 4.79 Å². The Labute approximate surface area is 149 Å². The summed E-state index contributed by atoms with van der Waals surface area (Å²) >= 11 is 1.42. The van der Waals surface area contributed by atoms with E-state index in [1.165, 1.54) is 22.9 Å². The second-order valence-corrected chi connectivity index (χ2v) is 6.65. The summed E-state index contributed by atoms with van der Waals surface area (Å²) in [5.74, 6) is 0.638. The first kappa shape index (κ1) is 17.2. The molecular weight excluding hydrogens is 340 g/mol. The largest absolute Gasteiger partial charge is 0.454 e. The van der Waals surface area contributed by atoms with Crippen molar-refractivity contribution in [3.8, 4) is 11.5 Å². The quantitative estimate of drug-likeness (QED) is 0.649.